The molecule has 0 heterocycles. The molecule has 0 aromatic heterocycles. The van der Waals surface area contributed by atoms with E-state index >= 15 is 0 Å². The maximum Gasteiger partial charge on any atom is 0.202 e. The zero-order valence-electron chi connectivity index (χ0n) is 20.8. The number of ketones is 4. The van der Waals surface area contributed by atoms with E-state index < -0.39 is 70.1 Å². The molecule has 3 aliphatic carbocycles. The summed E-state index contributed by atoms with van der Waals surface area (Å²) in [6, 6.07) is 1.96. The van der Waals surface area contributed by atoms with Gasteiger partial charge in [-0.05, 0) is 57.5 Å². The fourth-order valence-electron chi connectivity index (χ4n) is 5.99. The van der Waals surface area contributed by atoms with Gasteiger partial charge in [0.15, 0.2) is 17.2 Å². The van der Waals surface area contributed by atoms with Crippen LogP contribution in [0.15, 0.2) is 29.0 Å². The van der Waals surface area contributed by atoms with Gasteiger partial charge in [-0.3, -0.25) is 24.1 Å². The average Bonchev–Trinajstić information content (AvgIpc) is 2.75. The first-order valence-corrected chi connectivity index (χ1v) is 11.6. The Morgan fingerprint density at radius 2 is 1.72 bits per heavy atom. The largest absolute Gasteiger partial charge is 0.508 e. The van der Waals surface area contributed by atoms with Gasteiger partial charge in [-0.2, -0.15) is 0 Å². The zero-order valence-corrected chi connectivity index (χ0v) is 20.8. The van der Waals surface area contributed by atoms with Crippen molar-refractivity contribution >= 4 is 34.6 Å². The highest BCUT2D eigenvalue weighted by Gasteiger charge is 2.64. The number of anilines is 1. The summed E-state index contributed by atoms with van der Waals surface area (Å²) >= 11 is 0. The van der Waals surface area contributed by atoms with Crippen LogP contribution in [0.2, 0.25) is 0 Å². The van der Waals surface area contributed by atoms with E-state index in [-0.39, 0.29) is 29.7 Å². The van der Waals surface area contributed by atoms with Gasteiger partial charge in [-0.15, -0.1) is 0 Å². The molecule has 4 atom stereocenters. The molecule has 10 nitrogen and oxygen atoms in total. The molecule has 1 aromatic carbocycles. The Morgan fingerprint density at radius 1 is 1.08 bits per heavy atom. The van der Waals surface area contributed by atoms with Crippen LogP contribution in [0.4, 0.5) is 5.69 Å². The van der Waals surface area contributed by atoms with Crippen molar-refractivity contribution < 1.29 is 39.6 Å². The number of fused-ring (bicyclic) bond motifs is 3. The van der Waals surface area contributed by atoms with E-state index in [2.05, 4.69) is 0 Å². The van der Waals surface area contributed by atoms with Crippen molar-refractivity contribution in [2.24, 2.45) is 11.8 Å². The number of Topliss-reactive ketones (excluding diaryl/α,β-unsaturated/α-hetero) is 4. The topological polar surface area (TPSA) is 156 Å². The number of hydrogen-bond acceptors (Lipinski definition) is 10. The van der Waals surface area contributed by atoms with E-state index in [1.54, 1.807) is 34.3 Å². The minimum absolute atomic E-state index is 0.0381. The maximum atomic E-state index is 13.9. The number of carbonyl (C=O) groups is 4. The molecular formula is C26H30N2O8. The number of rotatable bonds is 5. The summed E-state index contributed by atoms with van der Waals surface area (Å²) < 4.78 is 0. The highest BCUT2D eigenvalue weighted by molar-refractivity contribution is 6.28. The predicted molar refractivity (Wildman–Crippen MR) is 130 cm³/mol. The second-order valence-electron chi connectivity index (χ2n) is 10.3. The Labute approximate surface area is 208 Å². The lowest BCUT2D eigenvalue weighted by Gasteiger charge is -2.50. The van der Waals surface area contributed by atoms with Gasteiger partial charge in [0, 0.05) is 31.3 Å². The highest BCUT2D eigenvalue weighted by Crippen LogP contribution is 2.53. The molecule has 1 aromatic rings. The van der Waals surface area contributed by atoms with Gasteiger partial charge in [-0.1, -0.05) is 0 Å². The molecule has 0 spiro atoms. The summed E-state index contributed by atoms with van der Waals surface area (Å²) in [5.41, 5.74) is -2.21. The number of aliphatic hydroxyl groups excluding tert-OH is 2. The van der Waals surface area contributed by atoms with Gasteiger partial charge < -0.3 is 25.3 Å². The lowest BCUT2D eigenvalue weighted by atomic mass is 9.57. The molecule has 0 bridgehead atoms. The van der Waals surface area contributed by atoms with Crippen molar-refractivity contribution in [1.29, 1.82) is 0 Å². The first-order chi connectivity index (χ1) is 16.7. The average molecular weight is 499 g/mol. The molecule has 3 aliphatic rings. The molecule has 0 radical (unpaired) electrons. The normalized spacial score (nSPS) is 27.6. The molecule has 1 saturated carbocycles. The summed E-state index contributed by atoms with van der Waals surface area (Å²) in [4.78, 5) is 54.9. The molecule has 10 heteroatoms. The van der Waals surface area contributed by atoms with Crippen LogP contribution in [0.1, 0.15) is 30.9 Å². The van der Waals surface area contributed by atoms with Gasteiger partial charge in [0.25, 0.3) is 0 Å². The van der Waals surface area contributed by atoms with Crippen LogP contribution in [0.3, 0.4) is 0 Å². The molecule has 0 saturated heterocycles. The lowest BCUT2D eigenvalue weighted by molar-refractivity contribution is -0.153. The molecule has 1 fully saturated rings. The monoisotopic (exact) mass is 498 g/mol. The summed E-state index contributed by atoms with van der Waals surface area (Å²) in [5.74, 6) is -6.93. The minimum Gasteiger partial charge on any atom is -0.508 e. The summed E-state index contributed by atoms with van der Waals surface area (Å²) in [6.45, 7) is 1.15. The van der Waals surface area contributed by atoms with Crippen molar-refractivity contribution in [3.05, 3.63) is 40.2 Å². The summed E-state index contributed by atoms with van der Waals surface area (Å²) in [5, 5.41) is 44.6. The summed E-state index contributed by atoms with van der Waals surface area (Å²) in [7, 11) is 6.73. The quantitative estimate of drug-likeness (QED) is 0.342. The molecule has 4 rings (SSSR count). The molecule has 36 heavy (non-hydrogen) atoms. The molecule has 0 unspecified atom stereocenters. The van der Waals surface area contributed by atoms with Gasteiger partial charge in [0.2, 0.25) is 5.78 Å². The van der Waals surface area contributed by atoms with Crippen molar-refractivity contribution in [3.8, 4) is 5.75 Å². The first kappa shape index (κ1) is 25.6. The number of phenolic OH excluding ortho intramolecular Hbond substituents is 1. The Hall–Kier alpha value is -3.50. The van der Waals surface area contributed by atoms with Crippen molar-refractivity contribution in [2.75, 3.05) is 33.1 Å². The number of nitrogens with zero attached hydrogens (tertiary/aromatic N) is 2. The summed E-state index contributed by atoms with van der Waals surface area (Å²) in [6.07, 6.45) is -0.397. The second-order valence-corrected chi connectivity index (χ2v) is 10.3. The third-order valence-electron chi connectivity index (χ3n) is 7.50. The third kappa shape index (κ3) is 3.47. The molecule has 4 N–H and O–H groups in total. The van der Waals surface area contributed by atoms with Gasteiger partial charge in [0.1, 0.15) is 28.6 Å². The highest BCUT2D eigenvalue weighted by atomic mass is 16.3. The molecule has 192 valence electrons. The standard InChI is InChI=1S/C26H30N2O8/c1-11(29)8-17(31)20-23(33)21(28(4)5)14-10-12-9-13-15(27(2)3)6-7-16(30)19(13)22(32)18(12)24(34)26(14,36)25(20)35/h6-7,12,14,21,30,32,35-36H,8-10H2,1-5H3/t12-,14-,21-,26-/m0/s1. The minimum atomic E-state index is -2.67. The van der Waals surface area contributed by atoms with E-state index in [4.69, 9.17) is 0 Å². The zero-order chi connectivity index (χ0) is 26.9. The van der Waals surface area contributed by atoms with Crippen molar-refractivity contribution in [3.63, 3.8) is 0 Å². The van der Waals surface area contributed by atoms with E-state index in [9.17, 15) is 39.6 Å². The van der Waals surface area contributed by atoms with Crippen LogP contribution in [0.25, 0.3) is 5.76 Å². The van der Waals surface area contributed by atoms with Crippen LogP contribution >= 0.6 is 0 Å². The Morgan fingerprint density at radius 3 is 2.28 bits per heavy atom. The van der Waals surface area contributed by atoms with Crippen LogP contribution < -0.4 is 4.90 Å². The maximum absolute atomic E-state index is 13.9. The third-order valence-corrected chi connectivity index (χ3v) is 7.50. The van der Waals surface area contributed by atoms with E-state index in [1.807, 2.05) is 4.90 Å². The molecule has 0 aliphatic heterocycles. The van der Waals surface area contributed by atoms with E-state index in [0.29, 0.717) is 5.56 Å². The van der Waals surface area contributed by atoms with Crippen molar-refractivity contribution in [1.82, 2.24) is 4.90 Å². The number of phenols is 1. The molecule has 0 amide bonds. The number of hydrogen-bond donors (Lipinski definition) is 4. The number of benzene rings is 1. The predicted octanol–water partition coefficient (Wildman–Crippen LogP) is 1.09. The van der Waals surface area contributed by atoms with Crippen LogP contribution in [-0.2, 0) is 25.6 Å². The fraction of sp³-hybridized carbons (Fsp3) is 0.462. The van der Waals surface area contributed by atoms with Crippen LogP contribution in [0.5, 0.6) is 5.75 Å². The van der Waals surface area contributed by atoms with Gasteiger partial charge in [-0.25, -0.2) is 0 Å². The number of likely N-dealkylation sites (N-methyl/N-ethyl adjacent to an activating group) is 1. The Bertz CT molecular complexity index is 1270. The Kier molecular flexibility index (Phi) is 6.09. The number of aliphatic hydroxyl groups is 3. The Balaban J connectivity index is 1.97. The van der Waals surface area contributed by atoms with Gasteiger partial charge >= 0.3 is 0 Å². The van der Waals surface area contributed by atoms with E-state index in [1.165, 1.54) is 11.0 Å². The second kappa shape index (κ2) is 8.56. The van der Waals surface area contributed by atoms with Gasteiger partial charge in [0.05, 0.1) is 18.0 Å². The lowest BCUT2D eigenvalue weighted by Crippen LogP contribution is -2.65. The van der Waals surface area contributed by atoms with Crippen LogP contribution in [-0.4, -0.2) is 88.3 Å². The fourth-order valence-corrected chi connectivity index (χ4v) is 5.99. The number of carbonyl (C=O) groups excluding carboxylic acids is 4. The van der Waals surface area contributed by atoms with E-state index in [0.717, 1.165) is 12.6 Å². The molecular weight excluding hydrogens is 468 g/mol. The smallest absolute Gasteiger partial charge is 0.202 e. The van der Waals surface area contributed by atoms with Crippen molar-refractivity contribution in [2.45, 2.75) is 37.8 Å². The first-order valence-electron chi connectivity index (χ1n) is 11.6. The SMILES string of the molecule is CC(=O)CC(=O)C1=C(O)[C@@]2(O)C(=O)C3=C(O)c4c(O)ccc(N(C)C)c4C[C@H]3C[C@H]2[C@H](N(C)C)C1=O. The van der Waals surface area contributed by atoms with Crippen LogP contribution in [0, 0.1) is 11.8 Å². The number of aromatic hydroxyl groups is 1.